The highest BCUT2D eigenvalue weighted by atomic mass is 19.1. The molecule has 1 aromatic heterocycles. The lowest BCUT2D eigenvalue weighted by molar-refractivity contribution is -0.129. The van der Waals surface area contributed by atoms with Gasteiger partial charge in [0.15, 0.2) is 0 Å². The van der Waals surface area contributed by atoms with Gasteiger partial charge in [-0.2, -0.15) is 10.2 Å². The third-order valence-electron chi connectivity index (χ3n) is 9.63. The van der Waals surface area contributed by atoms with E-state index in [9.17, 15) is 14.4 Å². The number of nitrogens with zero attached hydrogens (tertiary/aromatic N) is 8. The summed E-state index contributed by atoms with van der Waals surface area (Å²) in [6.07, 6.45) is 6.20. The van der Waals surface area contributed by atoms with Crippen LogP contribution >= 0.6 is 0 Å². The fraction of sp³-hybridized carbons (Fsp3) is 0.562. The number of carbonyl (C=O) groups is 1. The number of piperazine rings is 1. The SMILES string of the molecule is C=CC(=O)N1C[C@@H](C)N(c2nc(N3CC(N(C)C)C3)nc3c2CC[C@@H](N2CCCc4ccc(F)cc42)C3)C[C@@H]1CC#N. The number of carbonyl (C=O) groups excluding carboxylic acids is 1. The van der Waals surface area contributed by atoms with E-state index in [4.69, 9.17) is 9.97 Å². The Morgan fingerprint density at radius 1 is 1.19 bits per heavy atom. The molecule has 0 unspecified atom stereocenters. The predicted molar refractivity (Wildman–Crippen MR) is 162 cm³/mol. The Bertz CT molecular complexity index is 1400. The lowest BCUT2D eigenvalue weighted by atomic mass is 9.88. The van der Waals surface area contributed by atoms with Crippen molar-refractivity contribution in [3.05, 3.63) is 53.5 Å². The van der Waals surface area contributed by atoms with Gasteiger partial charge in [0.2, 0.25) is 11.9 Å². The lowest BCUT2D eigenvalue weighted by Crippen LogP contribution is -2.60. The summed E-state index contributed by atoms with van der Waals surface area (Å²) < 4.78 is 14.3. The minimum atomic E-state index is -0.232. The number of halogens is 1. The molecule has 2 saturated heterocycles. The van der Waals surface area contributed by atoms with Gasteiger partial charge in [-0.1, -0.05) is 12.6 Å². The number of amides is 1. The molecule has 1 aromatic carbocycles. The van der Waals surface area contributed by atoms with Gasteiger partial charge < -0.3 is 24.5 Å². The molecule has 9 nitrogen and oxygen atoms in total. The Labute approximate surface area is 248 Å². The zero-order valence-electron chi connectivity index (χ0n) is 25.0. The average molecular weight is 573 g/mol. The Balaban J connectivity index is 1.35. The molecule has 2 aromatic rings. The predicted octanol–water partition coefficient (Wildman–Crippen LogP) is 3.18. The summed E-state index contributed by atoms with van der Waals surface area (Å²) in [5.74, 6) is 1.37. The molecule has 0 radical (unpaired) electrons. The highest BCUT2D eigenvalue weighted by Crippen LogP contribution is 2.38. The van der Waals surface area contributed by atoms with Gasteiger partial charge in [-0.05, 0) is 70.5 Å². The first-order valence-corrected chi connectivity index (χ1v) is 15.2. The van der Waals surface area contributed by atoms with Crippen molar-refractivity contribution in [3.8, 4) is 6.07 Å². The van der Waals surface area contributed by atoms with E-state index in [-0.39, 0.29) is 36.3 Å². The third kappa shape index (κ3) is 5.19. The summed E-state index contributed by atoms with van der Waals surface area (Å²) in [7, 11) is 4.21. The highest BCUT2D eigenvalue weighted by molar-refractivity contribution is 5.87. The first kappa shape index (κ1) is 28.4. The fourth-order valence-electron chi connectivity index (χ4n) is 7.11. The maximum Gasteiger partial charge on any atom is 0.246 e. The molecule has 1 aliphatic carbocycles. The van der Waals surface area contributed by atoms with Crippen molar-refractivity contribution >= 4 is 23.4 Å². The quantitative estimate of drug-likeness (QED) is 0.489. The topological polar surface area (TPSA) is 82.8 Å². The van der Waals surface area contributed by atoms with Crippen LogP contribution < -0.4 is 14.7 Å². The first-order chi connectivity index (χ1) is 20.3. The number of likely N-dealkylation sites (N-methyl/N-ethyl adjacent to an activating group) is 1. The molecule has 3 aliphatic heterocycles. The summed E-state index contributed by atoms with van der Waals surface area (Å²) in [6.45, 7) is 9.53. The molecule has 4 aliphatic rings. The first-order valence-electron chi connectivity index (χ1n) is 15.2. The highest BCUT2D eigenvalue weighted by Gasteiger charge is 2.39. The van der Waals surface area contributed by atoms with Crippen LogP contribution in [-0.4, -0.2) is 96.7 Å². The second-order valence-corrected chi connectivity index (χ2v) is 12.5. The summed E-state index contributed by atoms with van der Waals surface area (Å²) in [5.41, 5.74) is 4.48. The number of aryl methyl sites for hydroxylation is 1. The van der Waals surface area contributed by atoms with Gasteiger partial charge in [-0.25, -0.2) is 9.37 Å². The normalized spacial score (nSPS) is 24.1. The third-order valence-corrected chi connectivity index (χ3v) is 9.63. The minimum Gasteiger partial charge on any atom is -0.368 e. The molecule has 0 bridgehead atoms. The van der Waals surface area contributed by atoms with Crippen LogP contribution in [0.15, 0.2) is 30.9 Å². The molecule has 10 heteroatoms. The van der Waals surface area contributed by atoms with Crippen LogP contribution in [0.25, 0.3) is 0 Å². The fourth-order valence-corrected chi connectivity index (χ4v) is 7.11. The molecule has 0 spiro atoms. The summed E-state index contributed by atoms with van der Waals surface area (Å²) in [5, 5.41) is 9.57. The maximum atomic E-state index is 14.3. The molecule has 42 heavy (non-hydrogen) atoms. The molecule has 3 atom stereocenters. The maximum absolute atomic E-state index is 14.3. The summed E-state index contributed by atoms with van der Waals surface area (Å²) >= 11 is 0. The van der Waals surface area contributed by atoms with E-state index in [1.54, 1.807) is 17.0 Å². The molecular formula is C32H41FN8O. The Morgan fingerprint density at radius 2 is 2.00 bits per heavy atom. The molecule has 1 amide bonds. The second kappa shape index (κ2) is 11.5. The molecule has 222 valence electrons. The zero-order valence-corrected chi connectivity index (χ0v) is 25.0. The van der Waals surface area contributed by atoms with E-state index in [2.05, 4.69) is 53.3 Å². The van der Waals surface area contributed by atoms with Gasteiger partial charge in [-0.3, -0.25) is 4.79 Å². The number of hydrogen-bond acceptors (Lipinski definition) is 8. The van der Waals surface area contributed by atoms with Crippen molar-refractivity contribution in [1.82, 2.24) is 19.8 Å². The average Bonchev–Trinajstić information content (AvgIpc) is 2.95. The van der Waals surface area contributed by atoms with Gasteiger partial charge in [0.1, 0.15) is 11.6 Å². The summed E-state index contributed by atoms with van der Waals surface area (Å²) in [4.78, 5) is 34.0. The molecule has 4 heterocycles. The van der Waals surface area contributed by atoms with Crippen molar-refractivity contribution in [2.45, 2.75) is 69.6 Å². The van der Waals surface area contributed by atoms with Crippen LogP contribution in [0.5, 0.6) is 0 Å². The van der Waals surface area contributed by atoms with Crippen molar-refractivity contribution < 1.29 is 9.18 Å². The van der Waals surface area contributed by atoms with Crippen molar-refractivity contribution in [3.63, 3.8) is 0 Å². The lowest BCUT2D eigenvalue weighted by Gasteiger charge is -2.47. The van der Waals surface area contributed by atoms with Gasteiger partial charge in [0.25, 0.3) is 0 Å². The van der Waals surface area contributed by atoms with Crippen molar-refractivity contribution in [1.29, 1.82) is 5.26 Å². The molecule has 0 N–H and O–H groups in total. The van der Waals surface area contributed by atoms with E-state index in [0.29, 0.717) is 19.1 Å². The number of hydrogen-bond donors (Lipinski definition) is 0. The number of rotatable bonds is 6. The minimum absolute atomic E-state index is 0.0243. The number of benzene rings is 1. The van der Waals surface area contributed by atoms with Gasteiger partial charge >= 0.3 is 0 Å². The Kier molecular flexibility index (Phi) is 7.79. The summed E-state index contributed by atoms with van der Waals surface area (Å²) in [6, 6.07) is 7.99. The van der Waals surface area contributed by atoms with Crippen LogP contribution in [0.2, 0.25) is 0 Å². The van der Waals surface area contributed by atoms with E-state index in [1.807, 2.05) is 6.07 Å². The molecule has 2 fully saturated rings. The van der Waals surface area contributed by atoms with Gasteiger partial charge in [0.05, 0.1) is 24.2 Å². The molecule has 6 rings (SSSR count). The smallest absolute Gasteiger partial charge is 0.246 e. The van der Waals surface area contributed by atoms with E-state index < -0.39 is 0 Å². The zero-order chi connectivity index (χ0) is 29.5. The Hall–Kier alpha value is -3.71. The van der Waals surface area contributed by atoms with E-state index in [0.717, 1.165) is 74.9 Å². The van der Waals surface area contributed by atoms with E-state index in [1.165, 1.54) is 17.2 Å². The van der Waals surface area contributed by atoms with Crippen LogP contribution in [0, 0.1) is 17.1 Å². The standard InChI is InChI=1S/C32H41FN8O/c1-5-30(42)41-17-21(2)40(20-25(41)12-13-34)31-27-11-10-24(39-14-6-7-22-8-9-23(33)15-29(22)39)16-28(27)35-32(36-31)38-18-26(19-38)37(3)4/h5,8-9,15,21,24-26H,1,6-7,10-12,14,16-20H2,2-4H3/t21-,24-,25+/m1/s1. The number of anilines is 3. The van der Waals surface area contributed by atoms with Crippen molar-refractivity contribution in [2.75, 3.05) is 61.5 Å². The number of nitriles is 1. The van der Waals surface area contributed by atoms with Crippen LogP contribution in [0.4, 0.5) is 21.8 Å². The van der Waals surface area contributed by atoms with Crippen LogP contribution in [0.3, 0.4) is 0 Å². The monoisotopic (exact) mass is 572 g/mol. The van der Waals surface area contributed by atoms with Crippen molar-refractivity contribution in [2.24, 2.45) is 0 Å². The number of fused-ring (bicyclic) bond motifs is 2. The van der Waals surface area contributed by atoms with Crippen LogP contribution in [0.1, 0.15) is 43.0 Å². The number of aromatic nitrogens is 2. The largest absolute Gasteiger partial charge is 0.368 e. The molecule has 0 saturated carbocycles. The van der Waals surface area contributed by atoms with Crippen LogP contribution in [-0.2, 0) is 24.1 Å². The van der Waals surface area contributed by atoms with Gasteiger partial charge in [0, 0.05) is 68.5 Å². The second-order valence-electron chi connectivity index (χ2n) is 12.5. The van der Waals surface area contributed by atoms with E-state index >= 15 is 0 Å². The Morgan fingerprint density at radius 3 is 2.74 bits per heavy atom. The molecular weight excluding hydrogens is 531 g/mol. The van der Waals surface area contributed by atoms with Gasteiger partial charge in [-0.15, -0.1) is 0 Å².